The number of anilines is 1. The maximum atomic E-state index is 12.3. The number of aromatic nitrogens is 2. The molecule has 0 saturated carbocycles. The van der Waals surface area contributed by atoms with Gasteiger partial charge >= 0.3 is 0 Å². The zero-order valence-electron chi connectivity index (χ0n) is 12.7. The van der Waals surface area contributed by atoms with Crippen LogP contribution in [0.2, 0.25) is 0 Å². The molecule has 0 spiro atoms. The van der Waals surface area contributed by atoms with Crippen LogP contribution in [-0.2, 0) is 0 Å². The van der Waals surface area contributed by atoms with Gasteiger partial charge in [0.15, 0.2) is 0 Å². The first-order valence-corrected chi connectivity index (χ1v) is 7.78. The average Bonchev–Trinajstić information content (AvgIpc) is 3.10. The van der Waals surface area contributed by atoms with Gasteiger partial charge < -0.3 is 10.1 Å². The molecule has 3 rings (SSSR count). The molecule has 0 atom stereocenters. The van der Waals surface area contributed by atoms with Crippen LogP contribution < -0.4 is 10.1 Å². The summed E-state index contributed by atoms with van der Waals surface area (Å²) >= 11 is 1.34. The van der Waals surface area contributed by atoms with E-state index in [4.69, 9.17) is 4.74 Å². The third-order valence-corrected chi connectivity index (χ3v) is 4.16. The molecule has 1 aromatic heterocycles. The number of hydrogen-bond acceptors (Lipinski definition) is 5. The molecule has 0 aliphatic rings. The number of carbonyl (C=O) groups is 1. The number of ether oxygens (including phenoxy) is 1. The van der Waals surface area contributed by atoms with E-state index in [0.29, 0.717) is 5.56 Å². The summed E-state index contributed by atoms with van der Waals surface area (Å²) in [5, 5.41) is 6.71. The molecule has 1 N–H and O–H groups in total. The highest BCUT2D eigenvalue weighted by Crippen LogP contribution is 2.24. The number of methoxy groups -OCH3 is 1. The van der Waals surface area contributed by atoms with E-state index in [1.165, 1.54) is 11.5 Å². The van der Waals surface area contributed by atoms with E-state index in [9.17, 15) is 4.79 Å². The van der Waals surface area contributed by atoms with Crippen LogP contribution in [0.1, 0.15) is 15.9 Å². The normalized spacial score (nSPS) is 10.3. The van der Waals surface area contributed by atoms with Crippen molar-refractivity contribution in [1.82, 2.24) is 9.59 Å². The number of nitrogens with zero attached hydrogens (tertiary/aromatic N) is 2. The number of hydrogen-bond donors (Lipinski definition) is 1. The molecule has 0 bridgehead atoms. The zero-order chi connectivity index (χ0) is 16.2. The highest BCUT2D eigenvalue weighted by atomic mass is 32.1. The quantitative estimate of drug-likeness (QED) is 0.793. The van der Waals surface area contributed by atoms with Crippen LogP contribution in [0, 0.1) is 6.92 Å². The SMILES string of the molecule is COc1ccc(C(=O)Nc2ccc(-c3cnns3)cc2)cc1C. The molecule has 0 saturated heterocycles. The molecule has 2 aromatic carbocycles. The van der Waals surface area contributed by atoms with E-state index in [-0.39, 0.29) is 5.91 Å². The van der Waals surface area contributed by atoms with Gasteiger partial charge in [0.05, 0.1) is 18.2 Å². The third kappa shape index (κ3) is 3.37. The summed E-state index contributed by atoms with van der Waals surface area (Å²) in [5.41, 5.74) is 3.29. The Balaban J connectivity index is 1.74. The van der Waals surface area contributed by atoms with Gasteiger partial charge in [0.1, 0.15) is 5.75 Å². The average molecular weight is 325 g/mol. The first kappa shape index (κ1) is 15.2. The van der Waals surface area contributed by atoms with E-state index in [1.807, 2.05) is 37.3 Å². The number of aryl methyl sites for hydroxylation is 1. The van der Waals surface area contributed by atoms with Gasteiger partial charge in [-0.2, -0.15) is 0 Å². The third-order valence-electron chi connectivity index (χ3n) is 3.45. The molecule has 1 heterocycles. The molecule has 0 fully saturated rings. The Morgan fingerprint density at radius 1 is 1.17 bits per heavy atom. The van der Waals surface area contributed by atoms with Gasteiger partial charge in [-0.1, -0.05) is 16.6 Å². The molecular weight excluding hydrogens is 310 g/mol. The van der Waals surface area contributed by atoms with Gasteiger partial charge in [-0.05, 0) is 59.9 Å². The van der Waals surface area contributed by atoms with Crippen LogP contribution in [0.3, 0.4) is 0 Å². The van der Waals surface area contributed by atoms with Gasteiger partial charge in [-0.3, -0.25) is 4.79 Å². The van der Waals surface area contributed by atoms with Gasteiger partial charge in [0, 0.05) is 11.3 Å². The van der Waals surface area contributed by atoms with Crippen LogP contribution in [0.25, 0.3) is 10.4 Å². The Bertz CT molecular complexity index is 814. The van der Waals surface area contributed by atoms with Crippen molar-refractivity contribution in [2.24, 2.45) is 0 Å². The topological polar surface area (TPSA) is 64.1 Å². The van der Waals surface area contributed by atoms with Crippen LogP contribution in [-0.4, -0.2) is 22.6 Å². The Morgan fingerprint density at radius 2 is 1.96 bits per heavy atom. The summed E-state index contributed by atoms with van der Waals surface area (Å²) in [6.07, 6.45) is 1.72. The molecule has 0 aliphatic heterocycles. The van der Waals surface area contributed by atoms with Gasteiger partial charge in [0.25, 0.3) is 5.91 Å². The molecule has 1 amide bonds. The summed E-state index contributed by atoms with van der Waals surface area (Å²) in [7, 11) is 1.61. The number of nitrogens with one attached hydrogen (secondary N) is 1. The van der Waals surface area contributed by atoms with Crippen LogP contribution in [0.5, 0.6) is 5.75 Å². The van der Waals surface area contributed by atoms with E-state index >= 15 is 0 Å². The Morgan fingerprint density at radius 3 is 2.57 bits per heavy atom. The number of benzene rings is 2. The standard InChI is InChI=1S/C17H15N3O2S/c1-11-9-13(5-8-15(11)22-2)17(21)19-14-6-3-12(4-7-14)16-10-18-20-23-16/h3-10H,1-2H3,(H,19,21). The predicted octanol–water partition coefficient (Wildman–Crippen LogP) is 3.77. The summed E-state index contributed by atoms with van der Waals surface area (Å²) < 4.78 is 9.05. The molecular formula is C17H15N3O2S. The first-order valence-electron chi connectivity index (χ1n) is 7.01. The van der Waals surface area contributed by atoms with Crippen LogP contribution in [0.4, 0.5) is 5.69 Å². The van der Waals surface area contributed by atoms with E-state index in [0.717, 1.165) is 27.4 Å². The molecule has 5 nitrogen and oxygen atoms in total. The lowest BCUT2D eigenvalue weighted by atomic mass is 10.1. The van der Waals surface area contributed by atoms with Crippen LogP contribution in [0.15, 0.2) is 48.7 Å². The summed E-state index contributed by atoms with van der Waals surface area (Å²) in [5.74, 6) is 0.618. The molecule has 0 unspecified atom stereocenters. The molecule has 23 heavy (non-hydrogen) atoms. The van der Waals surface area contributed by atoms with Crippen LogP contribution >= 0.6 is 11.5 Å². The van der Waals surface area contributed by atoms with Gasteiger partial charge in [-0.25, -0.2) is 0 Å². The van der Waals surface area contributed by atoms with E-state index in [1.54, 1.807) is 25.4 Å². The lowest BCUT2D eigenvalue weighted by Crippen LogP contribution is -2.12. The lowest BCUT2D eigenvalue weighted by molar-refractivity contribution is 0.102. The second-order valence-electron chi connectivity index (χ2n) is 5.00. The molecule has 0 radical (unpaired) electrons. The van der Waals surface area contributed by atoms with E-state index < -0.39 is 0 Å². The van der Waals surface area contributed by atoms with Crippen molar-refractivity contribution in [3.05, 3.63) is 59.8 Å². The van der Waals surface area contributed by atoms with Crippen molar-refractivity contribution >= 4 is 23.1 Å². The minimum atomic E-state index is -0.150. The maximum Gasteiger partial charge on any atom is 0.255 e. The smallest absolute Gasteiger partial charge is 0.255 e. The summed E-state index contributed by atoms with van der Waals surface area (Å²) in [6.45, 7) is 1.91. The van der Waals surface area contributed by atoms with Crippen molar-refractivity contribution in [1.29, 1.82) is 0 Å². The van der Waals surface area contributed by atoms with E-state index in [2.05, 4.69) is 14.9 Å². The molecule has 6 heteroatoms. The lowest BCUT2D eigenvalue weighted by Gasteiger charge is -2.09. The van der Waals surface area contributed by atoms with Crippen molar-refractivity contribution in [2.45, 2.75) is 6.92 Å². The second kappa shape index (κ2) is 6.58. The van der Waals surface area contributed by atoms with Crippen molar-refractivity contribution in [3.8, 4) is 16.2 Å². The monoisotopic (exact) mass is 325 g/mol. The minimum Gasteiger partial charge on any atom is -0.496 e. The van der Waals surface area contributed by atoms with Gasteiger partial charge in [-0.15, -0.1) is 5.10 Å². The second-order valence-corrected chi connectivity index (χ2v) is 5.78. The van der Waals surface area contributed by atoms with Crippen molar-refractivity contribution in [2.75, 3.05) is 12.4 Å². The van der Waals surface area contributed by atoms with Crippen molar-refractivity contribution < 1.29 is 9.53 Å². The minimum absolute atomic E-state index is 0.150. The highest BCUT2D eigenvalue weighted by Gasteiger charge is 2.09. The molecule has 0 aliphatic carbocycles. The largest absolute Gasteiger partial charge is 0.496 e. The Labute approximate surface area is 138 Å². The fourth-order valence-electron chi connectivity index (χ4n) is 2.24. The fourth-order valence-corrected chi connectivity index (χ4v) is 2.75. The Kier molecular flexibility index (Phi) is 4.34. The zero-order valence-corrected chi connectivity index (χ0v) is 13.6. The van der Waals surface area contributed by atoms with Crippen molar-refractivity contribution in [3.63, 3.8) is 0 Å². The molecule has 3 aromatic rings. The summed E-state index contributed by atoms with van der Waals surface area (Å²) in [6, 6.07) is 13.0. The highest BCUT2D eigenvalue weighted by molar-refractivity contribution is 7.09. The number of carbonyl (C=O) groups excluding carboxylic acids is 1. The molecule has 116 valence electrons. The number of amides is 1. The summed E-state index contributed by atoms with van der Waals surface area (Å²) in [4.78, 5) is 13.3. The Hall–Kier alpha value is -2.73. The first-order chi connectivity index (χ1) is 11.2. The predicted molar refractivity (Wildman–Crippen MR) is 91.0 cm³/mol. The number of rotatable bonds is 4. The van der Waals surface area contributed by atoms with Gasteiger partial charge in [0.2, 0.25) is 0 Å². The maximum absolute atomic E-state index is 12.3. The fraction of sp³-hybridized carbons (Fsp3) is 0.118.